The van der Waals surface area contributed by atoms with Gasteiger partial charge in [-0.2, -0.15) is 0 Å². The molecule has 0 unspecified atom stereocenters. The molecule has 2 amide bonds. The molecule has 0 spiro atoms. The number of para-hydroxylation sites is 2. The van der Waals surface area contributed by atoms with E-state index >= 15 is 0 Å². The second kappa shape index (κ2) is 7.76. The van der Waals surface area contributed by atoms with Gasteiger partial charge in [0.2, 0.25) is 11.8 Å². The minimum atomic E-state index is -0.198. The number of carbonyl (C=O) groups excluding carboxylic acids is 2. The molecule has 1 N–H and O–H groups in total. The molecule has 0 aliphatic carbocycles. The highest BCUT2D eigenvalue weighted by atomic mass is 35.5. The van der Waals surface area contributed by atoms with E-state index in [0.29, 0.717) is 40.2 Å². The fraction of sp³-hybridized carbons (Fsp3) is 0.222. The van der Waals surface area contributed by atoms with Crippen LogP contribution >= 0.6 is 23.2 Å². The standard InChI is InChI=1S/C18H16Cl2N2O3/c19-12-7-8-16(13(20)10-12)25-9-3-6-18(24)22-11-17(23)21-14-4-1-2-5-15(14)22/h1-2,4-5,7-8,10H,3,6,9,11H2,(H,21,23). The average molecular weight is 379 g/mol. The van der Waals surface area contributed by atoms with Crippen molar-refractivity contribution in [1.82, 2.24) is 0 Å². The maximum Gasteiger partial charge on any atom is 0.244 e. The van der Waals surface area contributed by atoms with Crippen LogP contribution in [-0.4, -0.2) is 25.0 Å². The first-order valence-corrected chi connectivity index (χ1v) is 8.57. The van der Waals surface area contributed by atoms with E-state index in [0.717, 1.165) is 0 Å². The first-order chi connectivity index (χ1) is 12.0. The Hall–Kier alpha value is -2.24. The minimum Gasteiger partial charge on any atom is -0.492 e. The Bertz CT molecular complexity index is 811. The maximum atomic E-state index is 12.5. The van der Waals surface area contributed by atoms with E-state index in [2.05, 4.69) is 5.32 Å². The number of halogens is 2. The molecule has 0 saturated heterocycles. The van der Waals surface area contributed by atoms with Crippen LogP contribution in [-0.2, 0) is 9.59 Å². The summed E-state index contributed by atoms with van der Waals surface area (Å²) in [5, 5.41) is 3.73. The molecule has 3 rings (SSSR count). The Kier molecular flexibility index (Phi) is 5.46. The highest BCUT2D eigenvalue weighted by molar-refractivity contribution is 6.35. The van der Waals surface area contributed by atoms with Crippen LogP contribution in [0.4, 0.5) is 11.4 Å². The average Bonchev–Trinajstić information content (AvgIpc) is 2.59. The van der Waals surface area contributed by atoms with Gasteiger partial charge in [0.1, 0.15) is 12.3 Å². The van der Waals surface area contributed by atoms with Crippen LogP contribution in [0, 0.1) is 0 Å². The predicted molar refractivity (Wildman–Crippen MR) is 98.6 cm³/mol. The zero-order valence-electron chi connectivity index (χ0n) is 13.3. The number of nitrogens with zero attached hydrogens (tertiary/aromatic N) is 1. The van der Waals surface area contributed by atoms with E-state index in [1.807, 2.05) is 18.2 Å². The first-order valence-electron chi connectivity index (χ1n) is 7.81. The molecule has 2 aromatic carbocycles. The summed E-state index contributed by atoms with van der Waals surface area (Å²) in [6, 6.07) is 12.2. The molecule has 0 fully saturated rings. The Balaban J connectivity index is 1.55. The maximum absolute atomic E-state index is 12.5. The third-order valence-electron chi connectivity index (χ3n) is 3.76. The summed E-state index contributed by atoms with van der Waals surface area (Å²) in [6.07, 6.45) is 0.783. The summed E-state index contributed by atoms with van der Waals surface area (Å²) in [5.74, 6) is 0.213. The van der Waals surface area contributed by atoms with E-state index in [9.17, 15) is 9.59 Å². The van der Waals surface area contributed by atoms with E-state index in [1.165, 1.54) is 4.90 Å². The molecule has 0 saturated carbocycles. The summed E-state index contributed by atoms with van der Waals surface area (Å²) in [7, 11) is 0. The molecule has 25 heavy (non-hydrogen) atoms. The van der Waals surface area contributed by atoms with E-state index in [-0.39, 0.29) is 24.8 Å². The molecule has 130 valence electrons. The number of fused-ring (bicyclic) bond motifs is 1. The van der Waals surface area contributed by atoms with Crippen LogP contribution in [0.15, 0.2) is 42.5 Å². The number of hydrogen-bond donors (Lipinski definition) is 1. The molecule has 2 aromatic rings. The van der Waals surface area contributed by atoms with Gasteiger partial charge in [0, 0.05) is 11.4 Å². The number of benzene rings is 2. The van der Waals surface area contributed by atoms with Crippen molar-refractivity contribution in [2.45, 2.75) is 12.8 Å². The largest absolute Gasteiger partial charge is 0.492 e. The zero-order chi connectivity index (χ0) is 17.8. The van der Waals surface area contributed by atoms with E-state index in [1.54, 1.807) is 24.3 Å². The zero-order valence-corrected chi connectivity index (χ0v) is 14.8. The molecule has 1 aliphatic heterocycles. The summed E-state index contributed by atoms with van der Waals surface area (Å²) in [4.78, 5) is 25.7. The number of nitrogens with one attached hydrogen (secondary N) is 1. The van der Waals surface area contributed by atoms with Crippen LogP contribution in [0.2, 0.25) is 10.0 Å². The van der Waals surface area contributed by atoms with Crippen molar-refractivity contribution in [1.29, 1.82) is 0 Å². The topological polar surface area (TPSA) is 58.6 Å². The molecule has 1 aliphatic rings. The quantitative estimate of drug-likeness (QED) is 0.795. The highest BCUT2D eigenvalue weighted by Crippen LogP contribution is 2.30. The summed E-state index contributed by atoms with van der Waals surface area (Å²) in [5.41, 5.74) is 1.37. The van der Waals surface area contributed by atoms with Crippen molar-refractivity contribution >= 4 is 46.4 Å². The van der Waals surface area contributed by atoms with Crippen LogP contribution in [0.3, 0.4) is 0 Å². The van der Waals surface area contributed by atoms with Gasteiger partial charge in [-0.15, -0.1) is 0 Å². The van der Waals surface area contributed by atoms with Gasteiger partial charge in [-0.25, -0.2) is 0 Å². The van der Waals surface area contributed by atoms with Crippen LogP contribution in [0.25, 0.3) is 0 Å². The molecule has 0 radical (unpaired) electrons. The number of hydrogen-bond acceptors (Lipinski definition) is 3. The monoisotopic (exact) mass is 378 g/mol. The molecule has 0 atom stereocenters. The fourth-order valence-corrected chi connectivity index (χ4v) is 3.05. The molecule has 1 heterocycles. The number of rotatable bonds is 5. The summed E-state index contributed by atoms with van der Waals surface area (Å²) >= 11 is 11.9. The lowest BCUT2D eigenvalue weighted by atomic mass is 10.1. The van der Waals surface area contributed by atoms with Gasteiger partial charge in [0.05, 0.1) is 23.0 Å². The second-order valence-electron chi connectivity index (χ2n) is 5.57. The number of anilines is 2. The van der Waals surface area contributed by atoms with Crippen LogP contribution < -0.4 is 15.0 Å². The summed E-state index contributed by atoms with van der Waals surface area (Å²) in [6.45, 7) is 0.370. The van der Waals surface area contributed by atoms with Crippen molar-refractivity contribution in [3.8, 4) is 5.75 Å². The lowest BCUT2D eigenvalue weighted by Gasteiger charge is -2.29. The lowest BCUT2D eigenvalue weighted by molar-refractivity contribution is -0.122. The van der Waals surface area contributed by atoms with Gasteiger partial charge in [-0.05, 0) is 36.8 Å². The molecule has 0 bridgehead atoms. The Morgan fingerprint density at radius 1 is 1.20 bits per heavy atom. The fourth-order valence-electron chi connectivity index (χ4n) is 2.59. The third kappa shape index (κ3) is 4.24. The van der Waals surface area contributed by atoms with E-state index < -0.39 is 0 Å². The second-order valence-corrected chi connectivity index (χ2v) is 6.42. The Labute approximate surface area is 155 Å². The SMILES string of the molecule is O=C1CN(C(=O)CCCOc2ccc(Cl)cc2Cl)c2ccccc2N1. The molecular weight excluding hydrogens is 363 g/mol. The Morgan fingerprint density at radius 2 is 2.00 bits per heavy atom. The van der Waals surface area contributed by atoms with Crippen molar-refractivity contribution in [3.05, 3.63) is 52.5 Å². The molecule has 0 aromatic heterocycles. The van der Waals surface area contributed by atoms with Gasteiger partial charge >= 0.3 is 0 Å². The number of amides is 2. The van der Waals surface area contributed by atoms with Gasteiger partial charge < -0.3 is 15.0 Å². The normalized spacial score (nSPS) is 13.2. The number of ether oxygens (including phenoxy) is 1. The first kappa shape index (κ1) is 17.6. The van der Waals surface area contributed by atoms with Gasteiger partial charge in [-0.1, -0.05) is 35.3 Å². The van der Waals surface area contributed by atoms with Crippen molar-refractivity contribution < 1.29 is 14.3 Å². The minimum absolute atomic E-state index is 0.0275. The molecule has 5 nitrogen and oxygen atoms in total. The highest BCUT2D eigenvalue weighted by Gasteiger charge is 2.26. The van der Waals surface area contributed by atoms with Gasteiger partial charge in [-0.3, -0.25) is 9.59 Å². The predicted octanol–water partition coefficient (Wildman–Crippen LogP) is 4.14. The smallest absolute Gasteiger partial charge is 0.244 e. The third-order valence-corrected chi connectivity index (χ3v) is 4.29. The van der Waals surface area contributed by atoms with Crippen LogP contribution in [0.1, 0.15) is 12.8 Å². The molecular formula is C18H16Cl2N2O3. The summed E-state index contributed by atoms with van der Waals surface area (Å²) < 4.78 is 5.58. The number of carbonyl (C=O) groups is 2. The molecule has 7 heteroatoms. The van der Waals surface area contributed by atoms with Gasteiger partial charge in [0.25, 0.3) is 0 Å². The van der Waals surface area contributed by atoms with E-state index in [4.69, 9.17) is 27.9 Å². The lowest BCUT2D eigenvalue weighted by Crippen LogP contribution is -2.42. The van der Waals surface area contributed by atoms with Crippen LogP contribution in [0.5, 0.6) is 5.75 Å². The van der Waals surface area contributed by atoms with Crippen molar-refractivity contribution in [2.75, 3.05) is 23.4 Å². The van der Waals surface area contributed by atoms with Gasteiger partial charge in [0.15, 0.2) is 0 Å². The Morgan fingerprint density at radius 3 is 2.80 bits per heavy atom. The van der Waals surface area contributed by atoms with Crippen molar-refractivity contribution in [2.24, 2.45) is 0 Å². The van der Waals surface area contributed by atoms with Crippen molar-refractivity contribution in [3.63, 3.8) is 0 Å².